The molecule has 0 bridgehead atoms. The van der Waals surface area contributed by atoms with Crippen molar-refractivity contribution in [2.75, 3.05) is 26.2 Å². The number of hydrogen-bond donors (Lipinski definition) is 0. The van der Waals surface area contributed by atoms with Gasteiger partial charge in [-0.05, 0) is 24.5 Å². The van der Waals surface area contributed by atoms with Crippen LogP contribution in [0.2, 0.25) is 0 Å². The van der Waals surface area contributed by atoms with Crippen molar-refractivity contribution < 1.29 is 9.59 Å². The third kappa shape index (κ3) is 2.86. The molecule has 2 aliphatic rings. The molecular formula is C15H21N3O2. The Hall–Kier alpha value is -1.78. The van der Waals surface area contributed by atoms with Crippen LogP contribution in [0.1, 0.15) is 18.4 Å². The van der Waals surface area contributed by atoms with Gasteiger partial charge < -0.3 is 14.4 Å². The van der Waals surface area contributed by atoms with Crippen molar-refractivity contribution in [3.05, 3.63) is 24.0 Å². The summed E-state index contributed by atoms with van der Waals surface area (Å²) in [5.41, 5.74) is 1.05. The van der Waals surface area contributed by atoms with E-state index in [4.69, 9.17) is 0 Å². The second-order valence-electron chi connectivity index (χ2n) is 5.84. The maximum Gasteiger partial charge on any atom is 0.227 e. The van der Waals surface area contributed by atoms with Crippen LogP contribution in [0.3, 0.4) is 0 Å². The largest absolute Gasteiger partial charge is 0.357 e. The molecule has 2 heterocycles. The van der Waals surface area contributed by atoms with Crippen LogP contribution in [-0.4, -0.2) is 52.4 Å². The summed E-state index contributed by atoms with van der Waals surface area (Å²) in [4.78, 5) is 28.0. The normalized spacial score (nSPS) is 19.2. The van der Waals surface area contributed by atoms with Crippen LogP contribution in [0, 0.1) is 5.92 Å². The van der Waals surface area contributed by atoms with Gasteiger partial charge in [0.15, 0.2) is 0 Å². The summed E-state index contributed by atoms with van der Waals surface area (Å²) < 4.78 is 1.95. The summed E-state index contributed by atoms with van der Waals surface area (Å²) in [7, 11) is 1.95. The van der Waals surface area contributed by atoms with Gasteiger partial charge in [0.25, 0.3) is 0 Å². The van der Waals surface area contributed by atoms with Crippen molar-refractivity contribution in [1.82, 2.24) is 14.4 Å². The van der Waals surface area contributed by atoms with Crippen LogP contribution in [0.4, 0.5) is 0 Å². The Morgan fingerprint density at radius 1 is 1.15 bits per heavy atom. The van der Waals surface area contributed by atoms with Crippen molar-refractivity contribution in [2.45, 2.75) is 19.3 Å². The second kappa shape index (κ2) is 5.31. The minimum absolute atomic E-state index is 0.162. The molecule has 0 radical (unpaired) electrons. The van der Waals surface area contributed by atoms with Crippen LogP contribution in [0.5, 0.6) is 0 Å². The SMILES string of the molecule is Cn1ccc(CC(=O)N2CCN(C(=O)C3CC3)CC2)c1. The quantitative estimate of drug-likeness (QED) is 0.813. The number of amides is 2. The first-order chi connectivity index (χ1) is 9.63. The first-order valence-corrected chi connectivity index (χ1v) is 7.31. The average molecular weight is 275 g/mol. The molecule has 1 saturated heterocycles. The molecule has 5 nitrogen and oxygen atoms in total. The Kier molecular flexibility index (Phi) is 3.51. The molecule has 108 valence electrons. The topological polar surface area (TPSA) is 45.6 Å². The van der Waals surface area contributed by atoms with E-state index in [0.29, 0.717) is 38.5 Å². The number of aryl methyl sites for hydroxylation is 1. The second-order valence-corrected chi connectivity index (χ2v) is 5.84. The van der Waals surface area contributed by atoms with Crippen molar-refractivity contribution in [3.8, 4) is 0 Å². The predicted molar refractivity (Wildman–Crippen MR) is 75.0 cm³/mol. The molecule has 0 unspecified atom stereocenters. The van der Waals surface area contributed by atoms with Crippen LogP contribution in [-0.2, 0) is 23.1 Å². The zero-order valence-corrected chi connectivity index (χ0v) is 11.9. The zero-order valence-electron chi connectivity index (χ0n) is 11.9. The summed E-state index contributed by atoms with van der Waals surface area (Å²) in [6, 6.07) is 1.98. The molecule has 2 fully saturated rings. The van der Waals surface area contributed by atoms with Gasteiger partial charge in [-0.3, -0.25) is 9.59 Å². The van der Waals surface area contributed by atoms with Crippen LogP contribution in [0.25, 0.3) is 0 Å². The molecule has 5 heteroatoms. The first-order valence-electron chi connectivity index (χ1n) is 7.31. The predicted octanol–water partition coefficient (Wildman–Crippen LogP) is 0.648. The molecule has 1 aromatic heterocycles. The van der Waals surface area contributed by atoms with E-state index in [1.54, 1.807) is 0 Å². The first kappa shape index (κ1) is 13.2. The van der Waals surface area contributed by atoms with Gasteiger partial charge in [0.2, 0.25) is 11.8 Å². The average Bonchev–Trinajstić information content (AvgIpc) is 3.22. The van der Waals surface area contributed by atoms with Crippen molar-refractivity contribution in [1.29, 1.82) is 0 Å². The van der Waals surface area contributed by atoms with E-state index in [-0.39, 0.29) is 11.8 Å². The lowest BCUT2D eigenvalue weighted by atomic mass is 10.2. The van der Waals surface area contributed by atoms with Crippen LogP contribution >= 0.6 is 0 Å². The number of carbonyl (C=O) groups is 2. The van der Waals surface area contributed by atoms with Crippen molar-refractivity contribution >= 4 is 11.8 Å². The van der Waals surface area contributed by atoms with Gasteiger partial charge in [-0.15, -0.1) is 0 Å². The molecule has 0 aromatic carbocycles. The number of rotatable bonds is 3. The highest BCUT2D eigenvalue weighted by Gasteiger charge is 2.35. The van der Waals surface area contributed by atoms with E-state index in [1.165, 1.54) is 0 Å². The number of aromatic nitrogens is 1. The molecule has 0 N–H and O–H groups in total. The van der Waals surface area contributed by atoms with E-state index in [0.717, 1.165) is 18.4 Å². The van der Waals surface area contributed by atoms with E-state index in [2.05, 4.69) is 0 Å². The van der Waals surface area contributed by atoms with Gasteiger partial charge in [0.05, 0.1) is 6.42 Å². The molecular weight excluding hydrogens is 254 g/mol. The van der Waals surface area contributed by atoms with E-state index in [1.807, 2.05) is 39.9 Å². The van der Waals surface area contributed by atoms with E-state index < -0.39 is 0 Å². The Morgan fingerprint density at radius 2 is 1.80 bits per heavy atom. The Morgan fingerprint density at radius 3 is 2.35 bits per heavy atom. The maximum absolute atomic E-state index is 12.2. The number of nitrogens with zero attached hydrogens (tertiary/aromatic N) is 3. The summed E-state index contributed by atoms with van der Waals surface area (Å²) in [5.74, 6) is 0.733. The molecule has 1 aliphatic carbocycles. The van der Waals surface area contributed by atoms with Gasteiger partial charge in [0.1, 0.15) is 0 Å². The molecule has 3 rings (SSSR count). The smallest absolute Gasteiger partial charge is 0.227 e. The molecule has 20 heavy (non-hydrogen) atoms. The monoisotopic (exact) mass is 275 g/mol. The highest BCUT2D eigenvalue weighted by molar-refractivity contribution is 5.82. The zero-order chi connectivity index (χ0) is 14.1. The highest BCUT2D eigenvalue weighted by Crippen LogP contribution is 2.31. The summed E-state index contributed by atoms with van der Waals surface area (Å²) in [5, 5.41) is 0. The molecule has 0 atom stereocenters. The van der Waals surface area contributed by atoms with Gasteiger partial charge in [-0.25, -0.2) is 0 Å². The van der Waals surface area contributed by atoms with E-state index in [9.17, 15) is 9.59 Å². The minimum Gasteiger partial charge on any atom is -0.357 e. The number of carbonyl (C=O) groups excluding carboxylic acids is 2. The van der Waals surface area contributed by atoms with Crippen molar-refractivity contribution in [3.63, 3.8) is 0 Å². The molecule has 0 spiro atoms. The third-order valence-electron chi connectivity index (χ3n) is 4.12. The van der Waals surface area contributed by atoms with Gasteiger partial charge in [-0.1, -0.05) is 0 Å². The Balaban J connectivity index is 1.49. The minimum atomic E-state index is 0.162. The summed E-state index contributed by atoms with van der Waals surface area (Å²) in [6.45, 7) is 2.72. The number of hydrogen-bond acceptors (Lipinski definition) is 2. The lowest BCUT2D eigenvalue weighted by Crippen LogP contribution is -2.51. The standard InChI is InChI=1S/C15H21N3O2/c1-16-5-4-12(11-16)10-14(19)17-6-8-18(9-7-17)15(20)13-2-3-13/h4-5,11,13H,2-3,6-10H2,1H3. The maximum atomic E-state index is 12.2. The van der Waals surface area contributed by atoms with Crippen molar-refractivity contribution in [2.24, 2.45) is 13.0 Å². The fourth-order valence-corrected chi connectivity index (χ4v) is 2.72. The Labute approximate surface area is 119 Å². The summed E-state index contributed by atoms with van der Waals surface area (Å²) >= 11 is 0. The Bertz CT molecular complexity index is 511. The molecule has 1 aliphatic heterocycles. The van der Waals surface area contributed by atoms with Gasteiger partial charge in [0, 0.05) is 51.5 Å². The fourth-order valence-electron chi connectivity index (χ4n) is 2.72. The molecule has 1 saturated carbocycles. The fraction of sp³-hybridized carbons (Fsp3) is 0.600. The van der Waals surface area contributed by atoms with Crippen LogP contribution < -0.4 is 0 Å². The lowest BCUT2D eigenvalue weighted by Gasteiger charge is -2.35. The third-order valence-corrected chi connectivity index (χ3v) is 4.12. The highest BCUT2D eigenvalue weighted by atomic mass is 16.2. The van der Waals surface area contributed by atoms with E-state index >= 15 is 0 Å². The molecule has 1 aromatic rings. The molecule has 2 amide bonds. The summed E-state index contributed by atoms with van der Waals surface area (Å²) in [6.07, 6.45) is 6.48. The lowest BCUT2D eigenvalue weighted by molar-refractivity contribution is -0.140. The van der Waals surface area contributed by atoms with Gasteiger partial charge >= 0.3 is 0 Å². The van der Waals surface area contributed by atoms with Crippen LogP contribution in [0.15, 0.2) is 18.5 Å². The number of piperazine rings is 1. The van der Waals surface area contributed by atoms with Gasteiger partial charge in [-0.2, -0.15) is 0 Å².